The lowest BCUT2D eigenvalue weighted by atomic mass is 10.2. The van der Waals surface area contributed by atoms with Crippen LogP contribution in [0.25, 0.3) is 16.6 Å². The van der Waals surface area contributed by atoms with Crippen LogP contribution in [-0.4, -0.2) is 9.55 Å². The highest BCUT2D eigenvalue weighted by molar-refractivity contribution is 7.98. The topological polar surface area (TPSA) is 34.9 Å². The van der Waals surface area contributed by atoms with Crippen molar-refractivity contribution in [1.82, 2.24) is 9.55 Å². The molecule has 140 valence electrons. The van der Waals surface area contributed by atoms with Gasteiger partial charge in [-0.15, -0.1) is 0 Å². The van der Waals surface area contributed by atoms with Gasteiger partial charge in [-0.3, -0.25) is 9.36 Å². The number of para-hydroxylation sites is 1. The van der Waals surface area contributed by atoms with Crippen molar-refractivity contribution in [3.63, 3.8) is 0 Å². The number of nitrogens with zero attached hydrogens (tertiary/aromatic N) is 2. The van der Waals surface area contributed by atoms with E-state index in [2.05, 4.69) is 31.2 Å². The van der Waals surface area contributed by atoms with Gasteiger partial charge in [-0.05, 0) is 49.2 Å². The van der Waals surface area contributed by atoms with Crippen LogP contribution in [0.4, 0.5) is 0 Å². The number of thioether (sulfide) groups is 1. The van der Waals surface area contributed by atoms with Gasteiger partial charge in [-0.1, -0.05) is 71.4 Å². The summed E-state index contributed by atoms with van der Waals surface area (Å²) in [5.74, 6) is 0.727. The van der Waals surface area contributed by atoms with Crippen LogP contribution >= 0.6 is 23.4 Å². The van der Waals surface area contributed by atoms with Crippen LogP contribution in [-0.2, 0) is 5.75 Å². The molecule has 0 aliphatic carbocycles. The zero-order chi connectivity index (χ0) is 19.7. The monoisotopic (exact) mass is 406 g/mol. The van der Waals surface area contributed by atoms with Crippen LogP contribution in [0.5, 0.6) is 0 Å². The van der Waals surface area contributed by atoms with Crippen molar-refractivity contribution in [1.29, 1.82) is 0 Å². The molecular formula is C23H19ClN2OS. The molecule has 0 saturated carbocycles. The highest BCUT2D eigenvalue weighted by Crippen LogP contribution is 2.27. The molecule has 0 aliphatic rings. The summed E-state index contributed by atoms with van der Waals surface area (Å²) in [6.07, 6.45) is 0. The van der Waals surface area contributed by atoms with Gasteiger partial charge in [0.25, 0.3) is 5.56 Å². The Kier molecular flexibility index (Phi) is 5.25. The van der Waals surface area contributed by atoms with Gasteiger partial charge in [0, 0.05) is 10.8 Å². The third kappa shape index (κ3) is 3.71. The second kappa shape index (κ2) is 7.82. The summed E-state index contributed by atoms with van der Waals surface area (Å²) in [4.78, 5) is 18.1. The zero-order valence-electron chi connectivity index (χ0n) is 15.6. The molecule has 4 rings (SSSR count). The molecule has 3 nitrogen and oxygen atoms in total. The largest absolute Gasteiger partial charge is 0.268 e. The Labute approximate surface area is 173 Å². The summed E-state index contributed by atoms with van der Waals surface area (Å²) in [6, 6.07) is 21.4. The van der Waals surface area contributed by atoms with Crippen LogP contribution in [0.3, 0.4) is 0 Å². The number of rotatable bonds is 4. The molecule has 0 radical (unpaired) electrons. The van der Waals surface area contributed by atoms with E-state index < -0.39 is 0 Å². The smallest absolute Gasteiger partial charge is 0.266 e. The molecule has 0 spiro atoms. The fourth-order valence-corrected chi connectivity index (χ4v) is 4.21. The van der Waals surface area contributed by atoms with E-state index in [0.29, 0.717) is 21.1 Å². The zero-order valence-corrected chi connectivity index (χ0v) is 17.2. The molecule has 1 aromatic heterocycles. The second-order valence-electron chi connectivity index (χ2n) is 6.76. The second-order valence-corrected chi connectivity index (χ2v) is 8.14. The Hall–Kier alpha value is -2.56. The van der Waals surface area contributed by atoms with E-state index in [1.807, 2.05) is 49.4 Å². The van der Waals surface area contributed by atoms with Gasteiger partial charge in [-0.2, -0.15) is 0 Å². The van der Waals surface area contributed by atoms with Gasteiger partial charge in [0.2, 0.25) is 0 Å². The number of halogens is 1. The Morgan fingerprint density at radius 2 is 1.75 bits per heavy atom. The predicted octanol–water partition coefficient (Wildman–Crippen LogP) is 5.95. The van der Waals surface area contributed by atoms with E-state index in [0.717, 1.165) is 17.0 Å². The summed E-state index contributed by atoms with van der Waals surface area (Å²) in [7, 11) is 0. The SMILES string of the molecule is Cc1ccc(CSc2nc3ccccc3c(=O)n2-c2cc(Cl)ccc2C)cc1. The first-order chi connectivity index (χ1) is 13.5. The maximum absolute atomic E-state index is 13.3. The van der Waals surface area contributed by atoms with E-state index in [-0.39, 0.29) is 5.56 Å². The third-order valence-electron chi connectivity index (χ3n) is 4.65. The Bertz CT molecular complexity index is 1220. The standard InChI is InChI=1S/C23H19ClN2OS/c1-15-7-10-17(11-8-15)14-28-23-25-20-6-4-3-5-19(20)22(27)26(23)21-13-18(24)12-9-16(21)2/h3-13H,14H2,1-2H3. The Balaban J connectivity index is 1.87. The third-order valence-corrected chi connectivity index (χ3v) is 5.89. The van der Waals surface area contributed by atoms with Crippen molar-refractivity contribution in [2.24, 2.45) is 0 Å². The van der Waals surface area contributed by atoms with E-state index >= 15 is 0 Å². The molecule has 0 fully saturated rings. The van der Waals surface area contributed by atoms with Crippen LogP contribution in [0.1, 0.15) is 16.7 Å². The molecule has 0 unspecified atom stereocenters. The maximum Gasteiger partial charge on any atom is 0.266 e. The van der Waals surface area contributed by atoms with Crippen molar-refractivity contribution in [3.8, 4) is 5.69 Å². The van der Waals surface area contributed by atoms with E-state index in [1.54, 1.807) is 16.3 Å². The minimum absolute atomic E-state index is 0.0811. The number of hydrogen-bond acceptors (Lipinski definition) is 3. The van der Waals surface area contributed by atoms with Crippen LogP contribution in [0.15, 0.2) is 76.7 Å². The first-order valence-electron chi connectivity index (χ1n) is 8.99. The molecule has 5 heteroatoms. The molecule has 1 heterocycles. The van der Waals surface area contributed by atoms with Gasteiger partial charge in [-0.25, -0.2) is 4.98 Å². The fraction of sp³-hybridized carbons (Fsp3) is 0.130. The number of fused-ring (bicyclic) bond motifs is 1. The highest BCUT2D eigenvalue weighted by atomic mass is 35.5. The number of benzene rings is 3. The normalized spacial score (nSPS) is 11.1. The van der Waals surface area contributed by atoms with Gasteiger partial charge < -0.3 is 0 Å². The van der Waals surface area contributed by atoms with Crippen LogP contribution in [0.2, 0.25) is 5.02 Å². The van der Waals surface area contributed by atoms with E-state index in [4.69, 9.17) is 16.6 Å². The minimum Gasteiger partial charge on any atom is -0.268 e. The average molecular weight is 407 g/mol. The average Bonchev–Trinajstić information content (AvgIpc) is 2.70. The summed E-state index contributed by atoms with van der Waals surface area (Å²) in [6.45, 7) is 4.04. The summed E-state index contributed by atoms with van der Waals surface area (Å²) >= 11 is 7.79. The molecule has 0 saturated heterocycles. The molecule has 4 aromatic rings. The lowest BCUT2D eigenvalue weighted by molar-refractivity contribution is 0.814. The van der Waals surface area contributed by atoms with Crippen molar-refractivity contribution in [2.75, 3.05) is 0 Å². The van der Waals surface area contributed by atoms with Gasteiger partial charge in [0.05, 0.1) is 16.6 Å². The Morgan fingerprint density at radius 1 is 1.00 bits per heavy atom. The summed E-state index contributed by atoms with van der Waals surface area (Å²) in [5, 5.41) is 1.85. The number of aromatic nitrogens is 2. The number of aryl methyl sites for hydroxylation is 2. The highest BCUT2D eigenvalue weighted by Gasteiger charge is 2.15. The Morgan fingerprint density at radius 3 is 2.54 bits per heavy atom. The van der Waals surface area contributed by atoms with Crippen molar-refractivity contribution in [2.45, 2.75) is 24.8 Å². The van der Waals surface area contributed by atoms with Gasteiger partial charge in [0.1, 0.15) is 0 Å². The maximum atomic E-state index is 13.3. The molecule has 0 N–H and O–H groups in total. The quantitative estimate of drug-likeness (QED) is 0.310. The molecule has 28 heavy (non-hydrogen) atoms. The molecule has 3 aromatic carbocycles. The van der Waals surface area contributed by atoms with Crippen LogP contribution < -0.4 is 5.56 Å². The fourth-order valence-electron chi connectivity index (χ4n) is 3.08. The minimum atomic E-state index is -0.0811. The van der Waals surface area contributed by atoms with Crippen molar-refractivity contribution >= 4 is 34.3 Å². The predicted molar refractivity (Wildman–Crippen MR) is 118 cm³/mol. The van der Waals surface area contributed by atoms with Crippen molar-refractivity contribution < 1.29 is 0 Å². The van der Waals surface area contributed by atoms with Crippen molar-refractivity contribution in [3.05, 3.63) is 98.8 Å². The van der Waals surface area contributed by atoms with E-state index in [1.165, 1.54) is 11.1 Å². The van der Waals surface area contributed by atoms with Crippen LogP contribution in [0, 0.1) is 13.8 Å². The first kappa shape index (κ1) is 18.8. The van der Waals surface area contributed by atoms with Gasteiger partial charge >= 0.3 is 0 Å². The first-order valence-corrected chi connectivity index (χ1v) is 10.4. The molecule has 0 bridgehead atoms. The summed E-state index contributed by atoms with van der Waals surface area (Å²) in [5.41, 5.74) is 4.77. The molecule has 0 atom stereocenters. The molecule has 0 amide bonds. The lowest BCUT2D eigenvalue weighted by Crippen LogP contribution is -2.22. The van der Waals surface area contributed by atoms with E-state index in [9.17, 15) is 4.79 Å². The lowest BCUT2D eigenvalue weighted by Gasteiger charge is -2.15. The molecule has 0 aliphatic heterocycles. The summed E-state index contributed by atoms with van der Waals surface area (Å²) < 4.78 is 1.68. The number of hydrogen-bond donors (Lipinski definition) is 0. The van der Waals surface area contributed by atoms with Gasteiger partial charge in [0.15, 0.2) is 5.16 Å². The molecular weight excluding hydrogens is 388 g/mol.